The van der Waals surface area contributed by atoms with Gasteiger partial charge in [0.1, 0.15) is 12.1 Å². The lowest BCUT2D eigenvalue weighted by atomic mass is 9.86. The third-order valence-electron chi connectivity index (χ3n) is 6.82. The highest BCUT2D eigenvalue weighted by Gasteiger charge is 2.28. The van der Waals surface area contributed by atoms with Gasteiger partial charge in [0.25, 0.3) is 0 Å². The average Bonchev–Trinajstić information content (AvgIpc) is 3.29. The Hall–Kier alpha value is -3.31. The van der Waals surface area contributed by atoms with E-state index in [1.165, 1.54) is 20.3 Å². The van der Waals surface area contributed by atoms with Crippen molar-refractivity contribution in [3.05, 3.63) is 48.4 Å². The maximum Gasteiger partial charge on any atom is 0.236 e. The Morgan fingerprint density at radius 3 is 2.42 bits per heavy atom. The van der Waals surface area contributed by atoms with E-state index in [1.54, 1.807) is 22.9 Å². The molecule has 4 rings (SSSR count). The van der Waals surface area contributed by atoms with E-state index in [9.17, 15) is 18.0 Å². The number of amides is 1. The molecular weight excluding hydrogens is 480 g/mol. The molecule has 0 atom stereocenters. The van der Waals surface area contributed by atoms with Crippen molar-refractivity contribution in [2.45, 2.75) is 45.1 Å². The summed E-state index contributed by atoms with van der Waals surface area (Å²) in [6, 6.07) is 9.29. The number of benzene rings is 1. The van der Waals surface area contributed by atoms with Crippen molar-refractivity contribution in [3.63, 3.8) is 0 Å². The van der Waals surface area contributed by atoms with Crippen molar-refractivity contribution >= 4 is 44.4 Å². The van der Waals surface area contributed by atoms with Crippen molar-refractivity contribution in [1.29, 1.82) is 0 Å². The minimum Gasteiger partial charge on any atom is -0.356 e. The van der Waals surface area contributed by atoms with E-state index in [1.807, 2.05) is 25.2 Å². The maximum atomic E-state index is 13.1. The summed E-state index contributed by atoms with van der Waals surface area (Å²) >= 11 is 0. The van der Waals surface area contributed by atoms with Gasteiger partial charge in [0.15, 0.2) is 5.65 Å². The van der Waals surface area contributed by atoms with Gasteiger partial charge in [-0.1, -0.05) is 12.1 Å². The van der Waals surface area contributed by atoms with Crippen LogP contribution in [0.1, 0.15) is 43.0 Å². The van der Waals surface area contributed by atoms with E-state index < -0.39 is 10.0 Å². The van der Waals surface area contributed by atoms with Crippen LogP contribution in [-0.2, 0) is 21.2 Å². The Labute approximate surface area is 211 Å². The number of anilines is 2. The summed E-state index contributed by atoms with van der Waals surface area (Å²) in [5, 5.41) is 3.52. The van der Waals surface area contributed by atoms with Crippen molar-refractivity contribution in [3.8, 4) is 0 Å². The molecule has 1 amide bonds. The maximum absolute atomic E-state index is 13.1. The molecule has 0 spiro atoms. The first-order valence-electron chi connectivity index (χ1n) is 12.0. The van der Waals surface area contributed by atoms with E-state index in [0.717, 1.165) is 42.5 Å². The fourth-order valence-electron chi connectivity index (χ4n) is 4.85. The summed E-state index contributed by atoms with van der Waals surface area (Å²) in [5.41, 5.74) is 2.07. The summed E-state index contributed by atoms with van der Waals surface area (Å²) in [4.78, 5) is 35.3. The van der Waals surface area contributed by atoms with Crippen LogP contribution in [-0.4, -0.2) is 60.7 Å². The van der Waals surface area contributed by atoms with Gasteiger partial charge >= 0.3 is 0 Å². The first-order chi connectivity index (χ1) is 17.2. The number of nitrogens with one attached hydrogen (secondary N) is 2. The van der Waals surface area contributed by atoms with Crippen LogP contribution < -0.4 is 14.9 Å². The van der Waals surface area contributed by atoms with Gasteiger partial charge in [-0.25, -0.2) is 23.1 Å². The van der Waals surface area contributed by atoms with E-state index in [4.69, 9.17) is 0 Å². The normalized spacial score (nSPS) is 18.2. The highest BCUT2D eigenvalue weighted by molar-refractivity contribution is 7.89. The van der Waals surface area contributed by atoms with E-state index in [2.05, 4.69) is 24.9 Å². The Bertz CT molecular complexity index is 1340. The van der Waals surface area contributed by atoms with Crippen LogP contribution in [0.4, 0.5) is 11.5 Å². The molecule has 192 valence electrons. The molecule has 2 aromatic heterocycles. The zero-order valence-corrected chi connectivity index (χ0v) is 21.6. The topological polar surface area (TPSA) is 126 Å². The van der Waals surface area contributed by atoms with Gasteiger partial charge in [0, 0.05) is 31.9 Å². The number of nitrogens with zero attached hydrogens (tertiary/aromatic N) is 4. The number of aromatic nitrogens is 3. The second kappa shape index (κ2) is 10.8. The predicted octanol–water partition coefficient (Wildman–Crippen LogP) is 2.82. The van der Waals surface area contributed by atoms with E-state index in [-0.39, 0.29) is 35.9 Å². The largest absolute Gasteiger partial charge is 0.356 e. The molecule has 0 aliphatic heterocycles. The molecule has 1 aliphatic rings. The number of hydrogen-bond donors (Lipinski definition) is 2. The molecule has 36 heavy (non-hydrogen) atoms. The van der Waals surface area contributed by atoms with Gasteiger partial charge in [-0.2, -0.15) is 0 Å². The van der Waals surface area contributed by atoms with Gasteiger partial charge in [-0.05, 0) is 62.4 Å². The molecule has 1 aromatic carbocycles. The van der Waals surface area contributed by atoms with Crippen LogP contribution in [0.2, 0.25) is 0 Å². The fourth-order valence-corrected chi connectivity index (χ4v) is 5.98. The van der Waals surface area contributed by atoms with Gasteiger partial charge < -0.3 is 10.2 Å². The lowest BCUT2D eigenvalue weighted by Gasteiger charge is -2.35. The van der Waals surface area contributed by atoms with Crippen molar-refractivity contribution in [1.82, 2.24) is 19.3 Å². The van der Waals surface area contributed by atoms with Crippen LogP contribution in [0, 0.1) is 5.92 Å². The number of hydrogen-bond acceptors (Lipinski definition) is 7. The van der Waals surface area contributed by atoms with Gasteiger partial charge in [0.2, 0.25) is 21.8 Å². The molecule has 1 saturated carbocycles. The lowest BCUT2D eigenvalue weighted by molar-refractivity contribution is -0.114. The third kappa shape index (κ3) is 5.90. The number of carbonyl (C=O) groups excluding carboxylic acids is 2. The zero-order chi connectivity index (χ0) is 25.9. The molecule has 0 radical (unpaired) electrons. The van der Waals surface area contributed by atoms with Crippen molar-refractivity contribution < 1.29 is 18.0 Å². The fraction of sp³-hybridized carbons (Fsp3) is 0.440. The molecule has 10 nitrogen and oxygen atoms in total. The van der Waals surface area contributed by atoms with E-state index >= 15 is 0 Å². The highest BCUT2D eigenvalue weighted by atomic mass is 32.2. The van der Waals surface area contributed by atoms with Crippen LogP contribution in [0.5, 0.6) is 0 Å². The average molecular weight is 513 g/mol. The molecule has 1 fully saturated rings. The number of sulfonamides is 1. The molecule has 0 saturated heterocycles. The summed E-state index contributed by atoms with van der Waals surface area (Å²) in [6.45, 7) is 1.45. The molecule has 0 bridgehead atoms. The lowest BCUT2D eigenvalue weighted by Crippen LogP contribution is -2.38. The first-order valence-corrected chi connectivity index (χ1v) is 13.7. The Morgan fingerprint density at radius 2 is 1.78 bits per heavy atom. The minimum atomic E-state index is -3.21. The number of carbonyl (C=O) groups is 2. The zero-order valence-electron chi connectivity index (χ0n) is 20.8. The summed E-state index contributed by atoms with van der Waals surface area (Å²) in [6.07, 6.45) is 6.82. The molecule has 3 aromatic rings. The number of fused-ring (bicyclic) bond motifs is 1. The van der Waals surface area contributed by atoms with Gasteiger partial charge in [-0.3, -0.25) is 14.2 Å². The molecular formula is C25H32N6O4S. The molecule has 2 N–H and O–H groups in total. The summed E-state index contributed by atoms with van der Waals surface area (Å²) in [5.74, 6) is 0.822. The third-order valence-corrected chi connectivity index (χ3v) is 8.36. The summed E-state index contributed by atoms with van der Waals surface area (Å²) < 4.78 is 27.7. The highest BCUT2D eigenvalue weighted by Crippen LogP contribution is 2.32. The Balaban J connectivity index is 1.45. The SMILES string of the molecule is CNS(=O)(=O)C[C@H]1CC[C@H](N(C)c2ncnc3c2ccn3C(=O)Cc2ccc(NC(C)=O)cc2)CC1. The first kappa shape index (κ1) is 25.8. The van der Waals surface area contributed by atoms with Crippen molar-refractivity contribution in [2.75, 3.05) is 30.1 Å². The minimum absolute atomic E-state index is 0.115. The molecule has 1 aliphatic carbocycles. The smallest absolute Gasteiger partial charge is 0.236 e. The van der Waals surface area contributed by atoms with Crippen molar-refractivity contribution in [2.24, 2.45) is 5.92 Å². The predicted molar refractivity (Wildman–Crippen MR) is 140 cm³/mol. The van der Waals surface area contributed by atoms with Crippen LogP contribution in [0.3, 0.4) is 0 Å². The van der Waals surface area contributed by atoms with Gasteiger partial charge in [0.05, 0.1) is 17.6 Å². The van der Waals surface area contributed by atoms with Crippen LogP contribution >= 0.6 is 0 Å². The summed E-state index contributed by atoms with van der Waals surface area (Å²) in [7, 11) is 0.239. The Kier molecular flexibility index (Phi) is 7.70. The molecule has 2 heterocycles. The quantitative estimate of drug-likeness (QED) is 0.475. The Morgan fingerprint density at radius 1 is 1.08 bits per heavy atom. The van der Waals surface area contributed by atoms with E-state index in [0.29, 0.717) is 11.3 Å². The van der Waals surface area contributed by atoms with Gasteiger partial charge in [-0.15, -0.1) is 0 Å². The number of rotatable bonds is 8. The standard InChI is InChI=1S/C25H32N6O4S/c1-17(32)29-20-8-4-18(5-9-20)14-23(33)31-13-12-22-24(27-16-28-25(22)31)30(3)21-10-6-19(7-11-21)15-36(34,35)26-2/h4-5,8-9,12-13,16,19,21,26H,6-7,10-11,14-15H2,1-3H3,(H,29,32)/t19-,21-. The second-order valence-corrected chi connectivity index (χ2v) is 11.3. The van der Waals surface area contributed by atoms with Crippen LogP contribution in [0.15, 0.2) is 42.9 Å². The second-order valence-electron chi connectivity index (χ2n) is 9.34. The monoisotopic (exact) mass is 512 g/mol. The van der Waals surface area contributed by atoms with Crippen LogP contribution in [0.25, 0.3) is 11.0 Å². The molecule has 11 heteroatoms. The molecule has 0 unspecified atom stereocenters.